The number of anilines is 1. The number of carbonyl (C=O) groups is 1. The first kappa shape index (κ1) is 12.4. The molecule has 0 bridgehead atoms. The quantitative estimate of drug-likeness (QED) is 0.560. The van der Waals surface area contributed by atoms with E-state index in [1.165, 1.54) is 25.3 Å². The van der Waals surface area contributed by atoms with Crippen molar-refractivity contribution in [3.63, 3.8) is 0 Å². The first-order valence-electron chi connectivity index (χ1n) is 4.71. The highest BCUT2D eigenvalue weighted by Crippen LogP contribution is 2.08. The Morgan fingerprint density at radius 1 is 1.56 bits per heavy atom. The molecule has 1 heterocycles. The molecule has 0 aliphatic carbocycles. The average molecular weight is 226 g/mol. The Morgan fingerprint density at radius 3 is 2.69 bits per heavy atom. The lowest BCUT2D eigenvalue weighted by molar-refractivity contribution is 0.0131. The van der Waals surface area contributed by atoms with Crippen LogP contribution in [0.4, 0.5) is 5.82 Å². The fourth-order valence-electron chi connectivity index (χ4n) is 0.962. The summed E-state index contributed by atoms with van der Waals surface area (Å²) in [7, 11) is 0. The van der Waals surface area contributed by atoms with Crippen LogP contribution in [0.3, 0.4) is 0 Å². The summed E-state index contributed by atoms with van der Waals surface area (Å²) < 4.78 is 0. The third-order valence-electron chi connectivity index (χ3n) is 2.00. The maximum absolute atomic E-state index is 10.5. The summed E-state index contributed by atoms with van der Waals surface area (Å²) in [6, 6.07) is 2.90. The first-order chi connectivity index (χ1) is 7.44. The minimum Gasteiger partial charge on any atom is -0.478 e. The standard InChI is InChI=1S/C10H14N2O4/c1-10(16,6-13)5-12-8-3-2-7(4-11-8)9(14)15/h2-4,13,16H,5-6H2,1H3,(H,11,12)(H,14,15). The molecule has 0 amide bonds. The van der Waals surface area contributed by atoms with Gasteiger partial charge in [0.15, 0.2) is 0 Å². The third-order valence-corrected chi connectivity index (χ3v) is 2.00. The van der Waals surface area contributed by atoms with Gasteiger partial charge in [0.25, 0.3) is 0 Å². The smallest absolute Gasteiger partial charge is 0.337 e. The van der Waals surface area contributed by atoms with E-state index in [9.17, 15) is 9.90 Å². The largest absolute Gasteiger partial charge is 0.478 e. The highest BCUT2D eigenvalue weighted by atomic mass is 16.4. The molecular formula is C10H14N2O4. The van der Waals surface area contributed by atoms with Crippen LogP contribution in [0.5, 0.6) is 0 Å². The average Bonchev–Trinajstić information content (AvgIpc) is 2.27. The number of aliphatic hydroxyl groups is 2. The Morgan fingerprint density at radius 2 is 2.25 bits per heavy atom. The van der Waals surface area contributed by atoms with Crippen LogP contribution in [-0.4, -0.2) is 45.0 Å². The molecule has 6 heteroatoms. The zero-order chi connectivity index (χ0) is 12.2. The normalized spacial score (nSPS) is 14.2. The number of pyridine rings is 1. The van der Waals surface area contributed by atoms with E-state index in [-0.39, 0.29) is 18.7 Å². The fraction of sp³-hybridized carbons (Fsp3) is 0.400. The topological polar surface area (TPSA) is 103 Å². The van der Waals surface area contributed by atoms with Gasteiger partial charge in [0.1, 0.15) is 11.4 Å². The molecular weight excluding hydrogens is 212 g/mol. The van der Waals surface area contributed by atoms with Crippen molar-refractivity contribution in [2.24, 2.45) is 0 Å². The van der Waals surface area contributed by atoms with E-state index >= 15 is 0 Å². The molecule has 0 spiro atoms. The second kappa shape index (κ2) is 4.91. The molecule has 1 atom stereocenters. The summed E-state index contributed by atoms with van der Waals surface area (Å²) >= 11 is 0. The van der Waals surface area contributed by atoms with E-state index in [4.69, 9.17) is 10.2 Å². The van der Waals surface area contributed by atoms with Gasteiger partial charge in [0.2, 0.25) is 0 Å². The minimum absolute atomic E-state index is 0.0967. The molecule has 1 unspecified atom stereocenters. The van der Waals surface area contributed by atoms with Crippen molar-refractivity contribution in [1.82, 2.24) is 4.98 Å². The molecule has 4 N–H and O–H groups in total. The van der Waals surface area contributed by atoms with Gasteiger partial charge in [-0.2, -0.15) is 0 Å². The third kappa shape index (κ3) is 3.48. The van der Waals surface area contributed by atoms with Crippen LogP contribution < -0.4 is 5.32 Å². The second-order valence-electron chi connectivity index (χ2n) is 3.75. The van der Waals surface area contributed by atoms with Crippen molar-refractivity contribution in [1.29, 1.82) is 0 Å². The van der Waals surface area contributed by atoms with Crippen LogP contribution in [0.1, 0.15) is 17.3 Å². The number of nitrogens with one attached hydrogen (secondary N) is 1. The van der Waals surface area contributed by atoms with E-state index in [1.807, 2.05) is 0 Å². The maximum Gasteiger partial charge on any atom is 0.337 e. The van der Waals surface area contributed by atoms with Gasteiger partial charge >= 0.3 is 5.97 Å². The van der Waals surface area contributed by atoms with Crippen molar-refractivity contribution in [2.45, 2.75) is 12.5 Å². The van der Waals surface area contributed by atoms with Gasteiger partial charge in [-0.15, -0.1) is 0 Å². The predicted molar refractivity (Wildman–Crippen MR) is 57.4 cm³/mol. The molecule has 0 aromatic carbocycles. The molecule has 0 radical (unpaired) electrons. The highest BCUT2D eigenvalue weighted by molar-refractivity contribution is 5.87. The van der Waals surface area contributed by atoms with Gasteiger partial charge in [0, 0.05) is 12.7 Å². The first-order valence-corrected chi connectivity index (χ1v) is 4.71. The van der Waals surface area contributed by atoms with Crippen molar-refractivity contribution >= 4 is 11.8 Å². The van der Waals surface area contributed by atoms with Crippen LogP contribution >= 0.6 is 0 Å². The number of aromatic nitrogens is 1. The van der Waals surface area contributed by atoms with Crippen LogP contribution in [-0.2, 0) is 0 Å². The zero-order valence-corrected chi connectivity index (χ0v) is 8.84. The van der Waals surface area contributed by atoms with Gasteiger partial charge in [-0.3, -0.25) is 0 Å². The number of rotatable bonds is 5. The molecule has 6 nitrogen and oxygen atoms in total. The molecule has 0 aliphatic heterocycles. The number of aromatic carboxylic acids is 1. The Labute approximate surface area is 92.6 Å². The van der Waals surface area contributed by atoms with Crippen LogP contribution in [0.25, 0.3) is 0 Å². The van der Waals surface area contributed by atoms with Crippen LogP contribution in [0, 0.1) is 0 Å². The lowest BCUT2D eigenvalue weighted by Gasteiger charge is -2.20. The van der Waals surface area contributed by atoms with E-state index in [0.29, 0.717) is 5.82 Å². The lowest BCUT2D eigenvalue weighted by Crippen LogP contribution is -2.37. The Balaban J connectivity index is 2.59. The zero-order valence-electron chi connectivity index (χ0n) is 8.84. The lowest BCUT2D eigenvalue weighted by atomic mass is 10.1. The monoisotopic (exact) mass is 226 g/mol. The maximum atomic E-state index is 10.5. The molecule has 0 saturated heterocycles. The van der Waals surface area contributed by atoms with Crippen LogP contribution in [0.2, 0.25) is 0 Å². The predicted octanol–water partition coefficient (Wildman–Crippen LogP) is -0.0650. The molecule has 0 aliphatic rings. The minimum atomic E-state index is -1.23. The van der Waals surface area contributed by atoms with E-state index in [1.54, 1.807) is 0 Å². The van der Waals surface area contributed by atoms with Crippen molar-refractivity contribution in [3.8, 4) is 0 Å². The van der Waals surface area contributed by atoms with Crippen molar-refractivity contribution < 1.29 is 20.1 Å². The van der Waals surface area contributed by atoms with Crippen LogP contribution in [0.15, 0.2) is 18.3 Å². The number of carboxylic acids is 1. The Hall–Kier alpha value is -1.66. The molecule has 16 heavy (non-hydrogen) atoms. The van der Waals surface area contributed by atoms with Gasteiger partial charge in [-0.05, 0) is 19.1 Å². The Kier molecular flexibility index (Phi) is 3.81. The summed E-state index contributed by atoms with van der Waals surface area (Å²) in [5.74, 6) is -0.597. The molecule has 1 aromatic rings. The molecule has 1 rings (SSSR count). The summed E-state index contributed by atoms with van der Waals surface area (Å²) in [5.41, 5.74) is -1.13. The van der Waals surface area contributed by atoms with Gasteiger partial charge in [-0.25, -0.2) is 9.78 Å². The number of hydrogen-bond acceptors (Lipinski definition) is 5. The highest BCUT2D eigenvalue weighted by Gasteiger charge is 2.18. The van der Waals surface area contributed by atoms with Gasteiger partial charge < -0.3 is 20.6 Å². The number of carboxylic acid groups (broad SMARTS) is 1. The summed E-state index contributed by atoms with van der Waals surface area (Å²) in [6.45, 7) is 1.24. The summed E-state index contributed by atoms with van der Waals surface area (Å²) in [4.78, 5) is 14.4. The molecule has 0 fully saturated rings. The van der Waals surface area contributed by atoms with E-state index in [2.05, 4.69) is 10.3 Å². The number of aliphatic hydroxyl groups excluding tert-OH is 1. The van der Waals surface area contributed by atoms with E-state index < -0.39 is 11.6 Å². The van der Waals surface area contributed by atoms with Crippen molar-refractivity contribution in [2.75, 3.05) is 18.5 Å². The second-order valence-corrected chi connectivity index (χ2v) is 3.75. The van der Waals surface area contributed by atoms with Gasteiger partial charge in [-0.1, -0.05) is 0 Å². The molecule has 1 aromatic heterocycles. The van der Waals surface area contributed by atoms with Crippen molar-refractivity contribution in [3.05, 3.63) is 23.9 Å². The summed E-state index contributed by atoms with van der Waals surface area (Å²) in [5, 5.41) is 29.7. The van der Waals surface area contributed by atoms with Gasteiger partial charge in [0.05, 0.1) is 12.2 Å². The van der Waals surface area contributed by atoms with E-state index in [0.717, 1.165) is 0 Å². The molecule has 88 valence electrons. The SMILES string of the molecule is CC(O)(CO)CNc1ccc(C(=O)O)cn1. The number of hydrogen-bond donors (Lipinski definition) is 4. The Bertz CT molecular complexity index is 362. The summed E-state index contributed by atoms with van der Waals surface area (Å²) in [6.07, 6.45) is 1.22. The number of nitrogens with zero attached hydrogens (tertiary/aromatic N) is 1. The fourth-order valence-corrected chi connectivity index (χ4v) is 0.962. The molecule has 0 saturated carbocycles.